The number of phenols is 1. The van der Waals surface area contributed by atoms with Crippen LogP contribution >= 0.6 is 0 Å². The summed E-state index contributed by atoms with van der Waals surface area (Å²) in [4.78, 5) is 36.0. The van der Waals surface area contributed by atoms with Gasteiger partial charge in [0.1, 0.15) is 46.7 Å². The second-order valence-corrected chi connectivity index (χ2v) is 15.0. The van der Waals surface area contributed by atoms with Gasteiger partial charge >= 0.3 is 28.3 Å². The van der Waals surface area contributed by atoms with Crippen LogP contribution in [0.2, 0.25) is 0 Å². The first kappa shape index (κ1) is 44.5. The number of alkyl halides is 3. The number of halogens is 4. The Bertz CT molecular complexity index is 2240. The fourth-order valence-electron chi connectivity index (χ4n) is 6.25. The van der Waals surface area contributed by atoms with Gasteiger partial charge in [0.2, 0.25) is 0 Å². The molecule has 4 aromatic rings. The molecule has 1 fully saturated rings. The van der Waals surface area contributed by atoms with E-state index in [9.17, 15) is 40.7 Å². The molecule has 3 amide bonds. The summed E-state index contributed by atoms with van der Waals surface area (Å²) < 4.78 is 88.5. The van der Waals surface area contributed by atoms with Gasteiger partial charge in [-0.15, -0.1) is 0 Å². The highest BCUT2D eigenvalue weighted by Crippen LogP contribution is 2.30. The number of nitrogens with one attached hydrogen (secondary N) is 1. The lowest BCUT2D eigenvalue weighted by molar-refractivity contribution is -0.918. The number of likely N-dealkylation sites (tertiary alicyclic amines) is 1. The number of carboxylic acids is 1. The first-order valence-electron chi connectivity index (χ1n) is 17.4. The van der Waals surface area contributed by atoms with Crippen LogP contribution in [0.3, 0.4) is 0 Å². The van der Waals surface area contributed by atoms with Crippen molar-refractivity contribution in [2.24, 2.45) is 5.73 Å². The number of primary amides is 1. The van der Waals surface area contributed by atoms with Crippen LogP contribution in [0.25, 0.3) is 0 Å². The summed E-state index contributed by atoms with van der Waals surface area (Å²) >= 11 is 0. The number of urea groups is 1. The van der Waals surface area contributed by atoms with Gasteiger partial charge in [-0.3, -0.25) is 4.79 Å². The van der Waals surface area contributed by atoms with Crippen molar-refractivity contribution in [3.63, 3.8) is 0 Å². The molecular weight excluding hydrogens is 793 g/mol. The highest BCUT2D eigenvalue weighted by atomic mass is 32.2. The number of piperidine rings is 1. The molecule has 5 N–H and O–H groups in total. The minimum Gasteiger partial charge on any atom is -0.508 e. The molecule has 1 heterocycles. The van der Waals surface area contributed by atoms with E-state index in [1.807, 2.05) is 18.2 Å². The van der Waals surface area contributed by atoms with Gasteiger partial charge in [0.05, 0.1) is 27.8 Å². The lowest BCUT2D eigenvalue weighted by atomic mass is 10.0. The molecular formula is C39H42F4N4O10S+2. The number of methoxy groups -OCH3 is 2. The zero-order chi connectivity index (χ0) is 42.8. The number of hydrogen-bond acceptors (Lipinski definition) is 9. The van der Waals surface area contributed by atoms with Crippen molar-refractivity contribution in [2.75, 3.05) is 39.7 Å². The van der Waals surface area contributed by atoms with E-state index >= 15 is 0 Å². The van der Waals surface area contributed by atoms with Gasteiger partial charge in [-0.1, -0.05) is 12.1 Å². The Hall–Kier alpha value is -6.21. The smallest absolute Gasteiger partial charge is 0.496 e. The molecule has 0 saturated carbocycles. The fourth-order valence-corrected chi connectivity index (χ4v) is 7.18. The molecule has 0 bridgehead atoms. The Kier molecular flexibility index (Phi) is 14.4. The first-order valence-corrected chi connectivity index (χ1v) is 18.8. The van der Waals surface area contributed by atoms with Crippen LogP contribution < -0.4 is 24.7 Å². The minimum absolute atomic E-state index is 0.0265. The zero-order valence-electron chi connectivity index (χ0n) is 31.5. The highest BCUT2D eigenvalue weighted by Gasteiger charge is 2.40. The third-order valence-corrected chi connectivity index (χ3v) is 10.2. The third kappa shape index (κ3) is 12.1. The molecule has 0 radical (unpaired) electrons. The summed E-state index contributed by atoms with van der Waals surface area (Å²) in [7, 11) is 1.01. The lowest BCUT2D eigenvalue weighted by Crippen LogP contribution is -2.56. The number of ether oxygens (including phenoxy) is 2. The number of amides is 3. The Morgan fingerprint density at radius 3 is 2.05 bits per heavy atom. The maximum Gasteiger partial charge on any atom is 0.496 e. The quantitative estimate of drug-likeness (QED) is 0.0615. The predicted octanol–water partition coefficient (Wildman–Crippen LogP) is 5.47. The van der Waals surface area contributed by atoms with Crippen LogP contribution in [0.1, 0.15) is 24.0 Å². The van der Waals surface area contributed by atoms with E-state index < -0.39 is 46.1 Å². The summed E-state index contributed by atoms with van der Waals surface area (Å²) in [5.74, 6) is -2.79. The van der Waals surface area contributed by atoms with Crippen molar-refractivity contribution in [1.29, 1.82) is 0 Å². The van der Waals surface area contributed by atoms with Gasteiger partial charge in [0.15, 0.2) is 17.5 Å². The van der Waals surface area contributed by atoms with E-state index in [2.05, 4.69) is 12.4 Å². The molecule has 310 valence electrons. The number of rotatable bonds is 12. The third-order valence-electron chi connectivity index (χ3n) is 8.96. The lowest BCUT2D eigenvalue weighted by Gasteiger charge is -2.38. The van der Waals surface area contributed by atoms with Crippen LogP contribution in [-0.2, 0) is 32.7 Å². The normalized spacial score (nSPS) is 16.8. The van der Waals surface area contributed by atoms with Gasteiger partial charge in [0.25, 0.3) is 5.91 Å². The molecule has 1 aliphatic rings. The number of aromatic hydroxyl groups is 1. The summed E-state index contributed by atoms with van der Waals surface area (Å²) in [5, 5.41) is 19.8. The molecule has 14 nitrogen and oxygen atoms in total. The summed E-state index contributed by atoms with van der Waals surface area (Å²) in [6, 6.07) is 20.3. The predicted molar refractivity (Wildman–Crippen MR) is 202 cm³/mol. The van der Waals surface area contributed by atoms with E-state index in [1.165, 1.54) is 41.0 Å². The number of nitrogens with two attached hydrogens (primary N) is 1. The average Bonchev–Trinajstić information content (AvgIpc) is 3.16. The monoisotopic (exact) mass is 834 g/mol. The molecule has 0 aliphatic carbocycles. The number of carboxylic acid groups (broad SMARTS) is 1. The molecule has 58 heavy (non-hydrogen) atoms. The molecule has 1 unspecified atom stereocenters. The maximum atomic E-state index is 14.2. The minimum atomic E-state index is -5.08. The SMILES string of the molecule is COc1ccc(C[N+]2(C)CCC/C(=[N+](/C(=O)Nc3ccc(OS(=O)(=O)c4ccc(F)cc4)cc3)[C@@H](Cc3ccc(O)cc3)C(N)=O)C2)cc1OC.O=C(O)C(F)(F)F. The van der Waals surface area contributed by atoms with Gasteiger partial charge in [-0.25, -0.2) is 14.5 Å². The molecule has 0 aromatic heterocycles. The van der Waals surface area contributed by atoms with Crippen molar-refractivity contribution in [1.82, 2.24) is 0 Å². The number of phenolic OH excluding ortho intramolecular Hbond substituents is 1. The van der Waals surface area contributed by atoms with Gasteiger partial charge in [-0.05, 0) is 84.4 Å². The van der Waals surface area contributed by atoms with E-state index in [4.69, 9.17) is 29.3 Å². The number of aliphatic carboxylic acids is 1. The zero-order valence-corrected chi connectivity index (χ0v) is 32.3. The van der Waals surface area contributed by atoms with Crippen molar-refractivity contribution in [3.8, 4) is 23.0 Å². The highest BCUT2D eigenvalue weighted by molar-refractivity contribution is 7.87. The Labute approximate surface area is 331 Å². The maximum absolute atomic E-state index is 14.2. The largest absolute Gasteiger partial charge is 0.508 e. The molecule has 0 spiro atoms. The second-order valence-electron chi connectivity index (χ2n) is 13.4. The summed E-state index contributed by atoms with van der Waals surface area (Å²) in [5.41, 5.74) is 8.71. The number of benzene rings is 4. The number of quaternary nitrogens is 1. The Balaban J connectivity index is 0.000000973. The average molecular weight is 835 g/mol. The van der Waals surface area contributed by atoms with Crippen molar-refractivity contribution in [3.05, 3.63) is 108 Å². The van der Waals surface area contributed by atoms with E-state index in [0.717, 1.165) is 48.5 Å². The van der Waals surface area contributed by atoms with Crippen LogP contribution in [0.5, 0.6) is 23.0 Å². The van der Waals surface area contributed by atoms with Crippen molar-refractivity contribution in [2.45, 2.75) is 42.9 Å². The number of carbonyl (C=O) groups is 3. The number of anilines is 1. The number of hydrogen-bond donors (Lipinski definition) is 4. The van der Waals surface area contributed by atoms with Gasteiger partial charge in [0, 0.05) is 24.8 Å². The van der Waals surface area contributed by atoms with Gasteiger partial charge in [-0.2, -0.15) is 31.0 Å². The molecule has 19 heteroatoms. The van der Waals surface area contributed by atoms with Crippen molar-refractivity contribution >= 4 is 39.4 Å². The topological polar surface area (TPSA) is 195 Å². The van der Waals surface area contributed by atoms with E-state index in [1.54, 1.807) is 26.4 Å². The van der Waals surface area contributed by atoms with Crippen LogP contribution in [0.4, 0.5) is 28.0 Å². The molecule has 5 rings (SSSR count). The van der Waals surface area contributed by atoms with Gasteiger partial charge < -0.3 is 34.1 Å². The Morgan fingerprint density at radius 1 is 0.914 bits per heavy atom. The standard InChI is InChI=1S/C37H39FN4O8S.C2HF3O2/c1-42(23-26-8-19-34(48-2)35(22-26)49-3)20-4-5-29(24-42)41(33(36(39)44)21-25-6-13-30(43)14-7-25)37(45)40-28-11-15-31(16-12-28)50-51(46,47)32-17-9-27(38)10-18-32;3-2(4,5)1(6)7/h6-19,22,33H,4-5,20-21,23-24H2,1-3H3,(H2-2,39,40,43,44,45);(H,6,7)/p+2/b41-29-;/t33-,42?;/m0./s1. The van der Waals surface area contributed by atoms with Crippen LogP contribution in [0, 0.1) is 5.82 Å². The second kappa shape index (κ2) is 18.8. The molecule has 2 atom stereocenters. The van der Waals surface area contributed by atoms with Crippen LogP contribution in [0.15, 0.2) is 95.9 Å². The van der Waals surface area contributed by atoms with Crippen LogP contribution in [-0.4, -0.2) is 97.9 Å². The molecule has 1 aliphatic heterocycles. The Morgan fingerprint density at radius 2 is 1.50 bits per heavy atom. The molecule has 4 aromatic carbocycles. The van der Waals surface area contributed by atoms with Crippen molar-refractivity contribution < 1.29 is 73.3 Å². The summed E-state index contributed by atoms with van der Waals surface area (Å²) in [6.07, 6.45) is -3.71. The first-order chi connectivity index (χ1) is 27.2. The molecule has 1 saturated heterocycles. The van der Waals surface area contributed by atoms with E-state index in [0.29, 0.717) is 46.7 Å². The van der Waals surface area contributed by atoms with E-state index in [-0.39, 0.29) is 22.8 Å². The fraction of sp³-hybridized carbons (Fsp3) is 0.282. The number of nitrogens with zero attached hydrogens (tertiary/aromatic N) is 2. The summed E-state index contributed by atoms with van der Waals surface area (Å²) in [6.45, 7) is 1.87. The number of carbonyl (C=O) groups excluding carboxylic acids is 2.